The van der Waals surface area contributed by atoms with E-state index in [0.29, 0.717) is 5.57 Å². The van der Waals surface area contributed by atoms with E-state index in [9.17, 15) is 0 Å². The lowest BCUT2D eigenvalue weighted by molar-refractivity contribution is 0.414. The zero-order chi connectivity index (χ0) is 11.5. The van der Waals surface area contributed by atoms with E-state index in [1.165, 1.54) is 0 Å². The van der Waals surface area contributed by atoms with Crippen LogP contribution < -0.4 is 4.74 Å². The minimum absolute atomic E-state index is 0.128. The van der Waals surface area contributed by atoms with Gasteiger partial charge in [0.15, 0.2) is 0 Å². The average molecular weight is 208 g/mol. The molecule has 1 aliphatic carbocycles. The van der Waals surface area contributed by atoms with Crippen molar-refractivity contribution in [3.05, 3.63) is 41.0 Å². The quantitative estimate of drug-likeness (QED) is 0.666. The van der Waals surface area contributed by atoms with Crippen molar-refractivity contribution in [2.24, 2.45) is 0 Å². The molecule has 0 N–H and O–H groups in total. The van der Waals surface area contributed by atoms with Gasteiger partial charge in [-0.1, -0.05) is 18.2 Å². The summed E-state index contributed by atoms with van der Waals surface area (Å²) in [5.41, 5.74) is 2.67. The van der Waals surface area contributed by atoms with Crippen molar-refractivity contribution in [3.8, 4) is 17.9 Å². The molecule has 0 atom stereocenters. The fraction of sp³-hybridized carbons (Fsp3) is 0.0769. The van der Waals surface area contributed by atoms with Gasteiger partial charge in [-0.15, -0.1) is 0 Å². The van der Waals surface area contributed by atoms with E-state index in [4.69, 9.17) is 15.3 Å². The molecule has 1 aliphatic rings. The third-order valence-corrected chi connectivity index (χ3v) is 2.47. The third kappa shape index (κ3) is 1.45. The van der Waals surface area contributed by atoms with Crippen LogP contribution in [0, 0.1) is 22.7 Å². The molecule has 0 spiro atoms. The van der Waals surface area contributed by atoms with E-state index in [2.05, 4.69) is 0 Å². The number of fused-ring (bicyclic) bond motifs is 1. The molecular weight excluding hydrogens is 200 g/mol. The van der Waals surface area contributed by atoms with Crippen molar-refractivity contribution in [3.63, 3.8) is 0 Å². The van der Waals surface area contributed by atoms with Crippen LogP contribution in [0.1, 0.15) is 11.1 Å². The second-order valence-electron chi connectivity index (χ2n) is 3.30. The van der Waals surface area contributed by atoms with E-state index in [1.54, 1.807) is 13.2 Å². The maximum Gasteiger partial charge on any atom is 0.137 e. The molecule has 16 heavy (non-hydrogen) atoms. The van der Waals surface area contributed by atoms with E-state index in [0.717, 1.165) is 16.9 Å². The third-order valence-electron chi connectivity index (χ3n) is 2.47. The van der Waals surface area contributed by atoms with Gasteiger partial charge in [-0.3, -0.25) is 0 Å². The zero-order valence-corrected chi connectivity index (χ0v) is 8.69. The number of ether oxygens (including phenoxy) is 1. The Morgan fingerprint density at radius 3 is 2.56 bits per heavy atom. The van der Waals surface area contributed by atoms with Crippen molar-refractivity contribution in [2.45, 2.75) is 0 Å². The van der Waals surface area contributed by atoms with Crippen molar-refractivity contribution in [2.75, 3.05) is 7.11 Å². The normalized spacial score (nSPS) is 11.6. The van der Waals surface area contributed by atoms with Crippen LogP contribution in [0.15, 0.2) is 29.8 Å². The lowest BCUT2D eigenvalue weighted by Gasteiger charge is -2.04. The molecule has 0 bridgehead atoms. The van der Waals surface area contributed by atoms with Gasteiger partial charge < -0.3 is 4.74 Å². The summed E-state index contributed by atoms with van der Waals surface area (Å²) in [6, 6.07) is 9.39. The number of methoxy groups -OCH3 is 1. The summed E-state index contributed by atoms with van der Waals surface area (Å²) in [5.74, 6) is 0.718. The Morgan fingerprint density at radius 2 is 1.94 bits per heavy atom. The fourth-order valence-electron chi connectivity index (χ4n) is 1.67. The second-order valence-corrected chi connectivity index (χ2v) is 3.30. The molecule has 0 saturated heterocycles. The van der Waals surface area contributed by atoms with Gasteiger partial charge in [0.1, 0.15) is 23.5 Å². The molecular formula is C13H8N2O. The highest BCUT2D eigenvalue weighted by atomic mass is 16.5. The van der Waals surface area contributed by atoms with Crippen LogP contribution in [0.5, 0.6) is 5.75 Å². The van der Waals surface area contributed by atoms with Crippen molar-refractivity contribution in [1.29, 1.82) is 10.5 Å². The Kier molecular flexibility index (Phi) is 2.45. The summed E-state index contributed by atoms with van der Waals surface area (Å²) in [7, 11) is 1.59. The summed E-state index contributed by atoms with van der Waals surface area (Å²) in [6.45, 7) is 0. The van der Waals surface area contributed by atoms with Crippen molar-refractivity contribution >= 4 is 11.6 Å². The molecule has 0 amide bonds. The van der Waals surface area contributed by atoms with Crippen molar-refractivity contribution < 1.29 is 4.74 Å². The molecule has 0 aliphatic heterocycles. The summed E-state index contributed by atoms with van der Waals surface area (Å²) in [4.78, 5) is 0. The van der Waals surface area contributed by atoms with E-state index in [1.807, 2.05) is 36.4 Å². The molecule has 0 heterocycles. The van der Waals surface area contributed by atoms with Crippen LogP contribution in [0.2, 0.25) is 0 Å². The van der Waals surface area contributed by atoms with Gasteiger partial charge in [0, 0.05) is 5.57 Å². The van der Waals surface area contributed by atoms with Crippen LogP contribution in [-0.2, 0) is 0 Å². The van der Waals surface area contributed by atoms with Gasteiger partial charge in [0.05, 0.1) is 7.11 Å². The maximum absolute atomic E-state index is 8.84. The first-order valence-electron chi connectivity index (χ1n) is 4.71. The van der Waals surface area contributed by atoms with E-state index < -0.39 is 0 Å². The first kappa shape index (κ1) is 10.0. The number of hydrogen-bond acceptors (Lipinski definition) is 3. The SMILES string of the molecule is COc1ccc2c(c1)C(=C(C#N)C#N)C=C2. The van der Waals surface area contributed by atoms with Crippen molar-refractivity contribution in [1.82, 2.24) is 0 Å². The summed E-state index contributed by atoms with van der Waals surface area (Å²) < 4.78 is 5.12. The Bertz CT molecular complexity index is 567. The standard InChI is InChI=1S/C13H8N2O/c1-16-11-4-2-9-3-5-12(13(9)6-11)10(7-14)8-15/h2-6H,1H3. The summed E-state index contributed by atoms with van der Waals surface area (Å²) >= 11 is 0. The van der Waals surface area contributed by atoms with Gasteiger partial charge in [-0.2, -0.15) is 10.5 Å². The lowest BCUT2D eigenvalue weighted by Crippen LogP contribution is -1.88. The Labute approximate surface area is 93.5 Å². The number of benzene rings is 1. The molecule has 0 aromatic heterocycles. The minimum Gasteiger partial charge on any atom is -0.497 e. The average Bonchev–Trinajstić information content (AvgIpc) is 2.74. The zero-order valence-electron chi connectivity index (χ0n) is 8.69. The van der Waals surface area contributed by atoms with E-state index >= 15 is 0 Å². The van der Waals surface area contributed by atoms with Gasteiger partial charge in [0.2, 0.25) is 0 Å². The molecule has 0 unspecified atom stereocenters. The predicted molar refractivity (Wildman–Crippen MR) is 60.2 cm³/mol. The first-order valence-corrected chi connectivity index (χ1v) is 4.71. The molecule has 2 rings (SSSR count). The molecule has 3 heteroatoms. The molecule has 0 fully saturated rings. The predicted octanol–water partition coefficient (Wildman–Crippen LogP) is 2.52. The number of nitrogens with zero attached hydrogens (tertiary/aromatic N) is 2. The number of hydrogen-bond donors (Lipinski definition) is 0. The van der Waals surface area contributed by atoms with Gasteiger partial charge >= 0.3 is 0 Å². The summed E-state index contributed by atoms with van der Waals surface area (Å²) in [5, 5.41) is 17.7. The van der Waals surface area contributed by atoms with Gasteiger partial charge in [-0.05, 0) is 23.3 Å². The first-order chi connectivity index (χ1) is 7.80. The lowest BCUT2D eigenvalue weighted by atomic mass is 10.0. The van der Waals surface area contributed by atoms with Crippen LogP contribution in [0.25, 0.3) is 11.6 Å². The monoisotopic (exact) mass is 208 g/mol. The maximum atomic E-state index is 8.84. The van der Waals surface area contributed by atoms with Crippen LogP contribution >= 0.6 is 0 Å². The second kappa shape index (κ2) is 3.92. The largest absolute Gasteiger partial charge is 0.497 e. The molecule has 0 saturated carbocycles. The van der Waals surface area contributed by atoms with Crippen LogP contribution in [0.3, 0.4) is 0 Å². The Balaban J connectivity index is 2.64. The molecule has 1 aromatic carbocycles. The Hall–Kier alpha value is -2.52. The smallest absolute Gasteiger partial charge is 0.137 e. The molecule has 3 nitrogen and oxygen atoms in total. The van der Waals surface area contributed by atoms with E-state index in [-0.39, 0.29) is 5.57 Å². The van der Waals surface area contributed by atoms with Crippen LogP contribution in [0.4, 0.5) is 0 Å². The highest BCUT2D eigenvalue weighted by molar-refractivity contribution is 5.94. The molecule has 76 valence electrons. The topological polar surface area (TPSA) is 56.8 Å². The van der Waals surface area contributed by atoms with Gasteiger partial charge in [-0.25, -0.2) is 0 Å². The molecule has 1 aromatic rings. The highest BCUT2D eigenvalue weighted by Crippen LogP contribution is 2.33. The fourth-order valence-corrected chi connectivity index (χ4v) is 1.67. The van der Waals surface area contributed by atoms with Crippen LogP contribution in [-0.4, -0.2) is 7.11 Å². The minimum atomic E-state index is 0.128. The van der Waals surface area contributed by atoms with Gasteiger partial charge in [0.25, 0.3) is 0 Å². The number of nitriles is 2. The number of rotatable bonds is 1. The number of allylic oxidation sites excluding steroid dienone is 3. The Morgan fingerprint density at radius 1 is 1.19 bits per heavy atom. The highest BCUT2D eigenvalue weighted by Gasteiger charge is 2.15. The molecule has 0 radical (unpaired) electrons. The summed E-state index contributed by atoms with van der Waals surface area (Å²) in [6.07, 6.45) is 3.67.